The molecule has 0 saturated carbocycles. The number of nitrogens with one attached hydrogen (secondary N) is 1. The summed E-state index contributed by atoms with van der Waals surface area (Å²) in [5.41, 5.74) is 0.264. The standard InChI is InChI=1S/C34H57N3O7S2Si2/c1-24-28(30(38)42-20-22-47(9,10)11)29(36(31(35-24)45-8)32(39)44-33(2,3)4)26-23-25(37(40)41)17-18-27(26)46-21-16-14-15-19-43-48(12,13)34(5,6)7/h17-18,23,29H,14-16,19-22H2,1-13H3/p+1. The van der Waals surface area contributed by atoms with Crippen molar-refractivity contribution in [3.63, 3.8) is 0 Å². The molecule has 0 aliphatic carbocycles. The fourth-order valence-corrected chi connectivity index (χ4v) is 8.08. The topological polar surface area (TPSA) is 122 Å². The zero-order valence-corrected chi connectivity index (χ0v) is 35.0. The molecule has 2 rings (SSSR count). The molecule has 1 unspecified atom stereocenters. The highest BCUT2D eigenvalue weighted by atomic mass is 32.2. The number of benzene rings is 1. The zero-order chi connectivity index (χ0) is 36.7. The van der Waals surface area contributed by atoms with Gasteiger partial charge < -0.3 is 13.9 Å². The van der Waals surface area contributed by atoms with Crippen molar-refractivity contribution in [3.8, 4) is 0 Å². The molecule has 0 spiro atoms. The number of carbonyl (C=O) groups excluding carboxylic acids is 2. The van der Waals surface area contributed by atoms with Gasteiger partial charge >= 0.3 is 17.2 Å². The summed E-state index contributed by atoms with van der Waals surface area (Å²) < 4.78 is 18.0. The number of ether oxygens (including phenoxy) is 2. The van der Waals surface area contributed by atoms with Crippen LogP contribution in [0.5, 0.6) is 0 Å². The first kappa shape index (κ1) is 42.0. The van der Waals surface area contributed by atoms with Gasteiger partial charge in [-0.05, 0) is 94.5 Å². The molecule has 0 aromatic heterocycles. The van der Waals surface area contributed by atoms with Gasteiger partial charge in [-0.3, -0.25) is 10.1 Å². The first-order valence-corrected chi connectivity index (χ1v) is 25.4. The Morgan fingerprint density at radius 2 is 1.67 bits per heavy atom. The molecule has 48 heavy (non-hydrogen) atoms. The summed E-state index contributed by atoms with van der Waals surface area (Å²) in [6.45, 7) is 25.9. The lowest BCUT2D eigenvalue weighted by Gasteiger charge is -2.36. The van der Waals surface area contributed by atoms with Crippen LogP contribution in [0, 0.1) is 10.1 Å². The third-order valence-electron chi connectivity index (χ3n) is 8.35. The van der Waals surface area contributed by atoms with Gasteiger partial charge in [0.25, 0.3) is 5.69 Å². The minimum absolute atomic E-state index is 0.130. The lowest BCUT2D eigenvalue weighted by molar-refractivity contribution is -0.405. The molecule has 270 valence electrons. The molecule has 1 N–H and O–H groups in total. The summed E-state index contributed by atoms with van der Waals surface area (Å²) in [7, 11) is -3.30. The first-order valence-electron chi connectivity index (χ1n) is 16.6. The van der Waals surface area contributed by atoms with Crippen molar-refractivity contribution >= 4 is 62.8 Å². The summed E-state index contributed by atoms with van der Waals surface area (Å²) in [5, 5.41) is 12.7. The highest BCUT2D eigenvalue weighted by Crippen LogP contribution is 2.41. The first-order chi connectivity index (χ1) is 22.0. The average Bonchev–Trinajstić information content (AvgIpc) is 2.93. The number of rotatable bonds is 14. The van der Waals surface area contributed by atoms with Gasteiger partial charge in [-0.25, -0.2) is 9.79 Å². The van der Waals surface area contributed by atoms with Gasteiger partial charge in [-0.1, -0.05) is 46.8 Å². The number of unbranched alkanes of at least 4 members (excludes halogenated alkanes) is 2. The molecule has 1 aliphatic rings. The molecule has 0 saturated heterocycles. The number of thioether (sulfide) groups is 2. The Balaban J connectivity index is 2.51. The number of hydrogen-bond donors (Lipinski definition) is 1. The van der Waals surface area contributed by atoms with Gasteiger partial charge in [0.05, 0.1) is 11.5 Å². The molecule has 1 amide bonds. The van der Waals surface area contributed by atoms with E-state index < -0.39 is 45.0 Å². The van der Waals surface area contributed by atoms with Crippen LogP contribution in [0.15, 0.2) is 34.4 Å². The molecule has 1 aromatic rings. The van der Waals surface area contributed by atoms with E-state index in [2.05, 4.69) is 58.5 Å². The van der Waals surface area contributed by atoms with E-state index in [1.165, 1.54) is 28.8 Å². The lowest BCUT2D eigenvalue weighted by atomic mass is 9.94. The monoisotopic (exact) mass is 740 g/mol. The van der Waals surface area contributed by atoms with E-state index in [-0.39, 0.29) is 22.9 Å². The van der Waals surface area contributed by atoms with Crippen LogP contribution in [-0.2, 0) is 18.7 Å². The quantitative estimate of drug-likeness (QED) is 0.0503. The number of nitro benzene ring substituents is 1. The maximum atomic E-state index is 13.9. The second kappa shape index (κ2) is 17.2. The van der Waals surface area contributed by atoms with Gasteiger partial charge in [0.1, 0.15) is 16.9 Å². The Morgan fingerprint density at radius 1 is 1.02 bits per heavy atom. The predicted octanol–water partition coefficient (Wildman–Crippen LogP) is 8.13. The lowest BCUT2D eigenvalue weighted by Crippen LogP contribution is -2.77. The van der Waals surface area contributed by atoms with Crippen molar-refractivity contribution < 1.29 is 33.4 Å². The van der Waals surface area contributed by atoms with Crippen molar-refractivity contribution in [3.05, 3.63) is 45.1 Å². The molecule has 0 bridgehead atoms. The largest absolute Gasteiger partial charge is 0.508 e. The van der Waals surface area contributed by atoms with Crippen LogP contribution in [0.4, 0.5) is 10.5 Å². The van der Waals surface area contributed by atoms with Crippen LogP contribution in [0.1, 0.15) is 79.3 Å². The minimum atomic E-state index is -1.80. The van der Waals surface area contributed by atoms with Crippen molar-refractivity contribution in [1.82, 2.24) is 4.90 Å². The van der Waals surface area contributed by atoms with Crippen molar-refractivity contribution in [2.24, 2.45) is 0 Å². The molecular formula is C34H58N3O7S2Si2+. The maximum absolute atomic E-state index is 13.9. The number of nitro groups is 1. The molecule has 1 atom stereocenters. The number of allylic oxidation sites excluding steroid dienone is 1. The molecule has 10 nitrogen and oxygen atoms in total. The fraction of sp³-hybridized carbons (Fsp3) is 0.676. The molecule has 1 aromatic carbocycles. The predicted molar refractivity (Wildman–Crippen MR) is 203 cm³/mol. The van der Waals surface area contributed by atoms with E-state index in [4.69, 9.17) is 13.9 Å². The van der Waals surface area contributed by atoms with E-state index in [1.807, 2.05) is 6.26 Å². The number of esters is 1. The number of nitrogens with zero attached hydrogens (tertiary/aromatic N) is 2. The van der Waals surface area contributed by atoms with Gasteiger partial charge in [0.15, 0.2) is 14.4 Å². The Kier molecular flexibility index (Phi) is 15.1. The second-order valence-electron chi connectivity index (χ2n) is 15.9. The van der Waals surface area contributed by atoms with Crippen molar-refractivity contribution in [1.29, 1.82) is 0 Å². The van der Waals surface area contributed by atoms with Gasteiger partial charge in [-0.2, -0.15) is 4.79 Å². The van der Waals surface area contributed by atoms with Crippen LogP contribution in [0.2, 0.25) is 43.8 Å². The summed E-state index contributed by atoms with van der Waals surface area (Å²) in [6.07, 6.45) is 3.97. The van der Waals surface area contributed by atoms with Gasteiger partial charge in [0, 0.05) is 37.3 Å². The number of amidine groups is 1. The Morgan fingerprint density at radius 3 is 2.21 bits per heavy atom. The second-order valence-corrected chi connectivity index (χ2v) is 28.2. The molecule has 0 radical (unpaired) electrons. The smallest absolute Gasteiger partial charge is 0.462 e. The van der Waals surface area contributed by atoms with E-state index >= 15 is 0 Å². The molecule has 14 heteroatoms. The Bertz CT molecular complexity index is 1380. The van der Waals surface area contributed by atoms with Crippen LogP contribution >= 0.6 is 23.5 Å². The molecular weight excluding hydrogens is 683 g/mol. The Hall–Kier alpha value is -2.14. The van der Waals surface area contributed by atoms with Crippen molar-refractivity contribution in [2.45, 2.75) is 128 Å². The van der Waals surface area contributed by atoms with E-state index in [0.29, 0.717) is 16.4 Å². The molecule has 0 fully saturated rings. The van der Waals surface area contributed by atoms with E-state index in [0.717, 1.165) is 42.6 Å². The van der Waals surface area contributed by atoms with Crippen LogP contribution in [0.3, 0.4) is 0 Å². The number of hydrogen-bond acceptors (Lipinski definition) is 9. The normalized spacial score (nSPS) is 16.1. The van der Waals surface area contributed by atoms with Crippen LogP contribution in [0.25, 0.3) is 0 Å². The highest BCUT2D eigenvalue weighted by molar-refractivity contribution is 8.12. The fourth-order valence-electron chi connectivity index (χ4n) is 4.58. The summed E-state index contributed by atoms with van der Waals surface area (Å²) >= 11 is 2.86. The number of carbonyl (C=O) groups is 2. The number of non-ortho nitro benzene ring substituents is 1. The summed E-state index contributed by atoms with van der Waals surface area (Å²) in [4.78, 5) is 44.8. The highest BCUT2D eigenvalue weighted by Gasteiger charge is 2.49. The van der Waals surface area contributed by atoms with E-state index in [9.17, 15) is 19.7 Å². The summed E-state index contributed by atoms with van der Waals surface area (Å²) in [6, 6.07) is 4.43. The SMILES string of the molecule is CSC1=[NH+]C(C)=C(C(=O)OCC[Si](C)(C)C)C(c2cc([N+](=O)[O-])ccc2SCCCCCO[Si](C)(C)C(C)(C)C)N1C(=O)OC(C)(C)C. The number of amides is 1. The van der Waals surface area contributed by atoms with Crippen LogP contribution in [-0.4, -0.2) is 74.3 Å². The third kappa shape index (κ3) is 12.3. The van der Waals surface area contributed by atoms with E-state index in [1.54, 1.807) is 45.5 Å². The average molecular weight is 741 g/mol. The third-order valence-corrected chi connectivity index (χ3v) is 16.5. The zero-order valence-electron chi connectivity index (χ0n) is 31.3. The Labute approximate surface area is 298 Å². The minimum Gasteiger partial charge on any atom is -0.462 e. The van der Waals surface area contributed by atoms with Crippen LogP contribution < -0.4 is 4.99 Å². The molecule has 1 aliphatic heterocycles. The van der Waals surface area contributed by atoms with Crippen molar-refractivity contribution in [2.75, 3.05) is 25.2 Å². The molecule has 1 heterocycles. The van der Waals surface area contributed by atoms with Gasteiger partial charge in [0.2, 0.25) is 0 Å². The van der Waals surface area contributed by atoms with Gasteiger partial charge in [-0.15, -0.1) is 16.7 Å². The maximum Gasteiger partial charge on any atom is 0.508 e. The summed E-state index contributed by atoms with van der Waals surface area (Å²) in [5.74, 6) is 0.182.